The third kappa shape index (κ3) is 14.4. The van der Waals surface area contributed by atoms with Gasteiger partial charge in [-0.3, -0.25) is 9.98 Å². The summed E-state index contributed by atoms with van der Waals surface area (Å²) in [7, 11) is 0. The highest BCUT2D eigenvalue weighted by Crippen LogP contribution is 2.11. The zero-order valence-corrected chi connectivity index (χ0v) is 17.4. The summed E-state index contributed by atoms with van der Waals surface area (Å²) in [5.41, 5.74) is 0. The molecule has 0 amide bonds. The lowest BCUT2D eigenvalue weighted by atomic mass is 10.1. The Balaban J connectivity index is 4.52. The van der Waals surface area contributed by atoms with E-state index in [1.54, 1.807) is 0 Å². The van der Waals surface area contributed by atoms with Crippen LogP contribution in [0.4, 0.5) is 0 Å². The molecule has 0 aliphatic rings. The zero-order chi connectivity index (χ0) is 22.9. The van der Waals surface area contributed by atoms with Gasteiger partial charge in [-0.1, -0.05) is 58.3 Å². The van der Waals surface area contributed by atoms with E-state index in [0.29, 0.717) is 6.42 Å². The summed E-state index contributed by atoms with van der Waals surface area (Å²) < 4.78 is 0. The van der Waals surface area contributed by atoms with Crippen LogP contribution in [0.1, 0.15) is 84.0 Å². The predicted molar refractivity (Wildman–Crippen MR) is 104 cm³/mol. The molecule has 10 heteroatoms. The second-order valence-corrected chi connectivity index (χ2v) is 7.11. The Morgan fingerprint density at radius 1 is 0.700 bits per heavy atom. The normalized spacial score (nSPS) is 14.3. The van der Waals surface area contributed by atoms with E-state index in [1.807, 2.05) is 0 Å². The van der Waals surface area contributed by atoms with Gasteiger partial charge in [-0.25, -0.2) is 9.59 Å². The molecule has 0 aromatic heterocycles. The molecule has 0 spiro atoms. The lowest BCUT2D eigenvalue weighted by Crippen LogP contribution is -2.35. The van der Waals surface area contributed by atoms with E-state index in [4.69, 9.17) is 10.2 Å². The van der Waals surface area contributed by atoms with E-state index < -0.39 is 54.6 Å². The summed E-state index contributed by atoms with van der Waals surface area (Å²) in [6, 6.07) is -3.57. The second-order valence-electron chi connectivity index (χ2n) is 7.11. The molecule has 0 radical (unpaired) electrons. The van der Waals surface area contributed by atoms with Crippen molar-refractivity contribution in [3.8, 4) is 0 Å². The molecular weight excluding hydrogens is 396 g/mol. The van der Waals surface area contributed by atoms with Crippen LogP contribution in [-0.2, 0) is 14.4 Å². The van der Waals surface area contributed by atoms with Gasteiger partial charge in [0.15, 0.2) is 12.1 Å². The maximum atomic E-state index is 11.9. The fourth-order valence-electron chi connectivity index (χ4n) is 2.75. The summed E-state index contributed by atoms with van der Waals surface area (Å²) >= 11 is 0. The number of aliphatic imine (C=N–C) groups is 2. The topological polar surface area (TPSA) is 186 Å². The van der Waals surface area contributed by atoms with Crippen LogP contribution >= 0.6 is 0 Å². The Kier molecular flexibility index (Phi) is 14.8. The third-order valence-corrected chi connectivity index (χ3v) is 4.39. The minimum Gasteiger partial charge on any atom is -0.862 e. The minimum atomic E-state index is -1.88. The molecular formula is C20H31N2O8-3. The van der Waals surface area contributed by atoms with Gasteiger partial charge in [-0.05, 0) is 24.6 Å². The largest absolute Gasteiger partial charge is 0.862 e. The molecule has 0 aromatic carbocycles. The number of unbranched alkanes of at least 4 members (excludes halogenated alkanes) is 8. The first kappa shape index (κ1) is 27.4. The molecule has 0 aliphatic heterocycles. The lowest BCUT2D eigenvalue weighted by molar-refractivity contribution is -0.306. The smallest absolute Gasteiger partial charge is 0.328 e. The fraction of sp³-hybridized carbons (Fsp3) is 0.750. The third-order valence-electron chi connectivity index (χ3n) is 4.39. The number of carbonyl (C=O) groups excluding carboxylic acids is 1. The SMILES string of the molecule is CCCCCCCCCCCC([O-])=NC(CC([O-])=NC(CC(=O)[O-])C(=O)O)C(=O)O. The van der Waals surface area contributed by atoms with Gasteiger partial charge in [0, 0.05) is 18.8 Å². The molecule has 0 aliphatic carbocycles. The van der Waals surface area contributed by atoms with Gasteiger partial charge < -0.3 is 30.3 Å². The molecule has 30 heavy (non-hydrogen) atoms. The number of aliphatic carboxylic acids is 3. The van der Waals surface area contributed by atoms with Gasteiger partial charge in [-0.2, -0.15) is 0 Å². The molecule has 0 aromatic rings. The van der Waals surface area contributed by atoms with Crippen molar-refractivity contribution >= 4 is 29.7 Å². The van der Waals surface area contributed by atoms with Crippen molar-refractivity contribution in [1.29, 1.82) is 0 Å². The van der Waals surface area contributed by atoms with E-state index in [1.165, 1.54) is 25.7 Å². The Labute approximate surface area is 176 Å². The van der Waals surface area contributed by atoms with Crippen molar-refractivity contribution in [2.24, 2.45) is 9.98 Å². The second kappa shape index (κ2) is 16.2. The number of carboxylic acid groups (broad SMARTS) is 3. The standard InChI is InChI=1S/C20H34N2O8/c1-2-3-4-5-6-7-8-9-10-11-16(23)21-14(19(27)28)12-17(24)22-15(20(29)30)13-18(25)26/h14-15H,2-13H2,1H3,(H,21,23)(H,22,24)(H,25,26)(H,27,28)(H,29,30)/p-3. The highest BCUT2D eigenvalue weighted by atomic mass is 16.4. The molecule has 2 N–H and O–H groups in total. The van der Waals surface area contributed by atoms with Gasteiger partial charge in [0.25, 0.3) is 0 Å². The molecule has 0 saturated heterocycles. The average Bonchev–Trinajstić information content (AvgIpc) is 2.65. The summed E-state index contributed by atoms with van der Waals surface area (Å²) in [5, 5.41) is 52.1. The van der Waals surface area contributed by atoms with Crippen molar-refractivity contribution in [1.82, 2.24) is 0 Å². The van der Waals surface area contributed by atoms with E-state index in [-0.39, 0.29) is 6.42 Å². The molecule has 2 unspecified atom stereocenters. The van der Waals surface area contributed by atoms with Crippen LogP contribution in [-0.4, -0.2) is 52.0 Å². The summed E-state index contributed by atoms with van der Waals surface area (Å²) in [6.45, 7) is 2.16. The molecule has 0 saturated carbocycles. The van der Waals surface area contributed by atoms with Crippen LogP contribution in [0.25, 0.3) is 0 Å². The number of hydrogen-bond donors (Lipinski definition) is 2. The number of nitrogens with zero attached hydrogens (tertiary/aromatic N) is 2. The highest BCUT2D eigenvalue weighted by molar-refractivity contribution is 5.87. The Morgan fingerprint density at radius 2 is 1.13 bits per heavy atom. The first-order valence-corrected chi connectivity index (χ1v) is 10.3. The molecule has 0 bridgehead atoms. The van der Waals surface area contributed by atoms with Crippen LogP contribution in [0.15, 0.2) is 9.98 Å². The van der Waals surface area contributed by atoms with Crippen LogP contribution in [0.3, 0.4) is 0 Å². The van der Waals surface area contributed by atoms with Crippen LogP contribution in [0, 0.1) is 0 Å². The van der Waals surface area contributed by atoms with Gasteiger partial charge >= 0.3 is 11.9 Å². The van der Waals surface area contributed by atoms with Crippen molar-refractivity contribution < 1.29 is 39.9 Å². The van der Waals surface area contributed by atoms with Crippen LogP contribution < -0.4 is 15.3 Å². The first-order chi connectivity index (χ1) is 14.2. The Hall–Kier alpha value is -2.65. The summed E-state index contributed by atoms with van der Waals surface area (Å²) in [5.74, 6) is -6.70. The van der Waals surface area contributed by atoms with Crippen molar-refractivity contribution in [3.05, 3.63) is 0 Å². The predicted octanol–water partition coefficient (Wildman–Crippen LogP) is -0.139. The lowest BCUT2D eigenvalue weighted by Gasteiger charge is -2.19. The number of carbonyl (C=O) groups is 3. The number of carboxylic acids is 3. The van der Waals surface area contributed by atoms with E-state index in [9.17, 15) is 29.7 Å². The minimum absolute atomic E-state index is 0.0629. The van der Waals surface area contributed by atoms with E-state index >= 15 is 0 Å². The molecule has 0 rings (SSSR count). The highest BCUT2D eigenvalue weighted by Gasteiger charge is 2.19. The Bertz CT molecular complexity index is 604. The quantitative estimate of drug-likeness (QED) is 0.172. The van der Waals surface area contributed by atoms with E-state index in [2.05, 4.69) is 16.9 Å². The van der Waals surface area contributed by atoms with E-state index in [0.717, 1.165) is 25.7 Å². The first-order valence-electron chi connectivity index (χ1n) is 10.3. The van der Waals surface area contributed by atoms with Gasteiger partial charge in [0.2, 0.25) is 0 Å². The summed E-state index contributed by atoms with van der Waals surface area (Å²) in [4.78, 5) is 39.3. The van der Waals surface area contributed by atoms with Gasteiger partial charge in [-0.15, -0.1) is 0 Å². The molecule has 10 nitrogen and oxygen atoms in total. The molecule has 0 fully saturated rings. The average molecular weight is 427 g/mol. The fourth-order valence-corrected chi connectivity index (χ4v) is 2.75. The van der Waals surface area contributed by atoms with Crippen molar-refractivity contribution in [2.45, 2.75) is 96.1 Å². The molecule has 2 atom stereocenters. The van der Waals surface area contributed by atoms with Gasteiger partial charge in [0.05, 0.1) is 0 Å². The maximum Gasteiger partial charge on any atom is 0.328 e. The van der Waals surface area contributed by atoms with Crippen molar-refractivity contribution in [2.75, 3.05) is 0 Å². The van der Waals surface area contributed by atoms with Crippen molar-refractivity contribution in [3.63, 3.8) is 0 Å². The maximum absolute atomic E-state index is 11.9. The summed E-state index contributed by atoms with van der Waals surface area (Å²) in [6.07, 6.45) is 7.69. The Morgan fingerprint density at radius 3 is 1.60 bits per heavy atom. The monoisotopic (exact) mass is 427 g/mol. The number of rotatable bonds is 18. The molecule has 0 heterocycles. The molecule has 172 valence electrons. The van der Waals surface area contributed by atoms with Crippen LogP contribution in [0.2, 0.25) is 0 Å². The van der Waals surface area contributed by atoms with Gasteiger partial charge in [0.1, 0.15) is 0 Å². The van der Waals surface area contributed by atoms with Crippen LogP contribution in [0.5, 0.6) is 0 Å². The zero-order valence-electron chi connectivity index (χ0n) is 17.4. The number of hydrogen-bond acceptors (Lipinski definition) is 8.